The molecular formula is C24H22F9N5O. The summed E-state index contributed by atoms with van der Waals surface area (Å²) in [4.78, 5) is 9.38. The fourth-order valence-electron chi connectivity index (χ4n) is 5.49. The van der Waals surface area contributed by atoms with Crippen molar-refractivity contribution < 1.29 is 44.3 Å². The van der Waals surface area contributed by atoms with Crippen LogP contribution in [0.5, 0.6) is 5.75 Å². The summed E-state index contributed by atoms with van der Waals surface area (Å²) in [5.74, 6) is -0.491. The van der Waals surface area contributed by atoms with E-state index in [1.54, 1.807) is 0 Å². The van der Waals surface area contributed by atoms with Gasteiger partial charge in [0.25, 0.3) is 0 Å². The zero-order valence-corrected chi connectivity index (χ0v) is 20.3. The van der Waals surface area contributed by atoms with Crippen LogP contribution in [0.3, 0.4) is 0 Å². The molecule has 1 saturated heterocycles. The van der Waals surface area contributed by atoms with Crippen molar-refractivity contribution in [2.75, 3.05) is 18.0 Å². The van der Waals surface area contributed by atoms with Crippen LogP contribution in [-0.4, -0.2) is 45.0 Å². The number of hydrogen-bond donors (Lipinski definition) is 0. The minimum absolute atomic E-state index is 0.0147. The number of ether oxygens (including phenoxy) is 1. The van der Waals surface area contributed by atoms with Gasteiger partial charge in [0, 0.05) is 31.4 Å². The Bertz CT molecular complexity index is 1340. The summed E-state index contributed by atoms with van der Waals surface area (Å²) >= 11 is 0. The average molecular weight is 567 g/mol. The Morgan fingerprint density at radius 2 is 1.62 bits per heavy atom. The summed E-state index contributed by atoms with van der Waals surface area (Å²) in [6.07, 6.45) is -13.7. The maximum absolute atomic E-state index is 13.6. The molecule has 4 atom stereocenters. The molecule has 2 unspecified atom stereocenters. The number of hydrogen-bond acceptors (Lipinski definition) is 5. The Kier molecular flexibility index (Phi) is 6.61. The number of rotatable bonds is 5. The van der Waals surface area contributed by atoms with Crippen molar-refractivity contribution in [3.05, 3.63) is 47.7 Å². The number of halogens is 9. The first kappa shape index (κ1) is 27.3. The molecule has 39 heavy (non-hydrogen) atoms. The van der Waals surface area contributed by atoms with Crippen LogP contribution in [0.15, 0.2) is 30.5 Å². The summed E-state index contributed by atoms with van der Waals surface area (Å²) in [6, 6.07) is 3.88. The van der Waals surface area contributed by atoms with E-state index in [1.165, 1.54) is 6.07 Å². The normalized spacial score (nSPS) is 22.9. The number of piperidine rings is 1. The van der Waals surface area contributed by atoms with Crippen LogP contribution in [0, 0.1) is 17.8 Å². The quantitative estimate of drug-likeness (QED) is 0.344. The molecule has 0 aromatic carbocycles. The summed E-state index contributed by atoms with van der Waals surface area (Å²) in [7, 11) is 0. The molecule has 15 heteroatoms. The molecule has 212 valence electrons. The lowest BCUT2D eigenvalue weighted by Crippen LogP contribution is -2.43. The van der Waals surface area contributed by atoms with Gasteiger partial charge in [0.15, 0.2) is 23.3 Å². The van der Waals surface area contributed by atoms with Gasteiger partial charge in [0.2, 0.25) is 0 Å². The minimum Gasteiger partial charge on any atom is -0.477 e. The third-order valence-corrected chi connectivity index (χ3v) is 7.39. The lowest BCUT2D eigenvalue weighted by atomic mass is 9.82. The summed E-state index contributed by atoms with van der Waals surface area (Å²) in [6.45, 7) is 1.60. The van der Waals surface area contributed by atoms with Crippen molar-refractivity contribution in [2.24, 2.45) is 17.8 Å². The average Bonchev–Trinajstić information content (AvgIpc) is 3.34. The van der Waals surface area contributed by atoms with Crippen molar-refractivity contribution in [3.63, 3.8) is 0 Å². The van der Waals surface area contributed by atoms with Crippen molar-refractivity contribution in [2.45, 2.75) is 50.8 Å². The molecule has 4 heterocycles. The number of aromatic nitrogens is 4. The number of alkyl halides is 9. The fourth-order valence-corrected chi connectivity index (χ4v) is 5.49. The van der Waals surface area contributed by atoms with Crippen LogP contribution >= 0.6 is 0 Å². The molecule has 2 bridgehead atoms. The summed E-state index contributed by atoms with van der Waals surface area (Å²) < 4.78 is 125. The monoisotopic (exact) mass is 567 g/mol. The molecule has 1 aliphatic carbocycles. The molecule has 0 spiro atoms. The van der Waals surface area contributed by atoms with Crippen LogP contribution < -0.4 is 9.64 Å². The molecule has 3 aromatic heterocycles. The number of pyridine rings is 2. The van der Waals surface area contributed by atoms with Crippen LogP contribution in [-0.2, 0) is 18.8 Å². The Hall–Kier alpha value is -3.26. The molecule has 0 N–H and O–H groups in total. The first-order valence-electron chi connectivity index (χ1n) is 12.1. The van der Waals surface area contributed by atoms with Gasteiger partial charge in [0.05, 0.1) is 0 Å². The minimum atomic E-state index is -4.85. The van der Waals surface area contributed by atoms with E-state index < -0.39 is 47.4 Å². The second kappa shape index (κ2) is 9.44. The smallest absolute Gasteiger partial charge is 0.433 e. The van der Waals surface area contributed by atoms with Crippen molar-refractivity contribution >= 4 is 11.3 Å². The van der Waals surface area contributed by atoms with Gasteiger partial charge in [-0.25, -0.2) is 9.50 Å². The molecule has 0 radical (unpaired) electrons. The van der Waals surface area contributed by atoms with Crippen molar-refractivity contribution in [1.29, 1.82) is 0 Å². The fraction of sp³-hybridized carbons (Fsp3) is 0.542. The van der Waals surface area contributed by atoms with Crippen molar-refractivity contribution in [3.8, 4) is 5.75 Å². The van der Waals surface area contributed by atoms with Gasteiger partial charge in [-0.15, -0.1) is 0 Å². The molecular weight excluding hydrogens is 545 g/mol. The van der Waals surface area contributed by atoms with Crippen LogP contribution in [0.4, 0.5) is 45.2 Å². The number of fused-ring (bicyclic) bond motifs is 3. The summed E-state index contributed by atoms with van der Waals surface area (Å²) in [5, 5.41) is 3.99. The third kappa shape index (κ3) is 5.44. The first-order valence-corrected chi connectivity index (χ1v) is 12.1. The highest BCUT2D eigenvalue weighted by atomic mass is 19.4. The molecule has 2 aliphatic rings. The molecule has 1 saturated carbocycles. The van der Waals surface area contributed by atoms with E-state index in [2.05, 4.69) is 15.1 Å². The zero-order chi connectivity index (χ0) is 28.3. The summed E-state index contributed by atoms with van der Waals surface area (Å²) in [5.41, 5.74) is -2.30. The van der Waals surface area contributed by atoms with Crippen molar-refractivity contribution in [1.82, 2.24) is 19.6 Å². The van der Waals surface area contributed by atoms with Gasteiger partial charge < -0.3 is 9.64 Å². The lowest BCUT2D eigenvalue weighted by molar-refractivity contribution is -0.189. The van der Waals surface area contributed by atoms with Crippen LogP contribution in [0.2, 0.25) is 0 Å². The van der Waals surface area contributed by atoms with Gasteiger partial charge in [-0.05, 0) is 61.8 Å². The lowest BCUT2D eigenvalue weighted by Gasteiger charge is -2.39. The molecule has 2 fully saturated rings. The maximum atomic E-state index is 13.6. The van der Waals surface area contributed by atoms with Gasteiger partial charge in [-0.3, -0.25) is 4.98 Å². The Balaban J connectivity index is 1.40. The molecule has 1 aliphatic heterocycles. The van der Waals surface area contributed by atoms with E-state index in [-0.39, 0.29) is 30.0 Å². The molecule has 0 amide bonds. The maximum Gasteiger partial charge on any atom is 0.433 e. The molecule has 5 rings (SSSR count). The predicted molar refractivity (Wildman–Crippen MR) is 119 cm³/mol. The van der Waals surface area contributed by atoms with E-state index in [0.717, 1.165) is 38.1 Å². The third-order valence-electron chi connectivity index (χ3n) is 7.39. The molecule has 3 aromatic rings. The first-order chi connectivity index (χ1) is 18.1. The van der Waals surface area contributed by atoms with E-state index in [0.29, 0.717) is 29.4 Å². The molecule has 6 nitrogen and oxygen atoms in total. The van der Waals surface area contributed by atoms with Gasteiger partial charge in [-0.1, -0.05) is 0 Å². The van der Waals surface area contributed by atoms with Crippen LogP contribution in [0.1, 0.15) is 37.0 Å². The number of anilines is 1. The van der Waals surface area contributed by atoms with E-state index in [1.807, 2.05) is 4.90 Å². The van der Waals surface area contributed by atoms with E-state index in [4.69, 9.17) is 4.74 Å². The largest absolute Gasteiger partial charge is 0.477 e. The van der Waals surface area contributed by atoms with Gasteiger partial charge in [0.1, 0.15) is 11.4 Å². The SMILES string of the molecule is CC(Oc1ccc(C(F)(F)F)n2nc(CC3[C@@H]4CC[C@H]3CN(c3ccnc(C(F)(F)F)c3)C4)nc12)C(F)(F)F. The second-order valence-electron chi connectivity index (χ2n) is 9.91. The van der Waals surface area contributed by atoms with E-state index >= 15 is 0 Å². The second-order valence-corrected chi connectivity index (χ2v) is 9.91. The Morgan fingerprint density at radius 3 is 2.21 bits per heavy atom. The van der Waals surface area contributed by atoms with Gasteiger partial charge in [-0.2, -0.15) is 44.6 Å². The highest BCUT2D eigenvalue weighted by molar-refractivity contribution is 5.55. The highest BCUT2D eigenvalue weighted by Gasteiger charge is 2.44. The van der Waals surface area contributed by atoms with E-state index in [9.17, 15) is 39.5 Å². The van der Waals surface area contributed by atoms with Gasteiger partial charge >= 0.3 is 18.5 Å². The standard InChI is InChI=1S/C24H22F9N5O/c1-12(22(25,26)27)39-17-4-5-19(24(31,32)33)38-21(17)35-20(36-38)9-16-13-2-3-14(16)11-37(10-13)15-6-7-34-18(8-15)23(28,29)30/h4-8,12-14,16H,2-3,9-11H2,1H3/t12?,13-,14+,16?. The van der Waals surface area contributed by atoms with Crippen LogP contribution in [0.25, 0.3) is 5.65 Å². The highest BCUT2D eigenvalue weighted by Crippen LogP contribution is 2.45. The Labute approximate surface area is 215 Å². The topological polar surface area (TPSA) is 55.6 Å². The zero-order valence-electron chi connectivity index (χ0n) is 20.3. The number of nitrogens with zero attached hydrogens (tertiary/aromatic N) is 5. The Morgan fingerprint density at radius 1 is 0.949 bits per heavy atom. The predicted octanol–water partition coefficient (Wildman–Crippen LogP) is 6.20.